The summed E-state index contributed by atoms with van der Waals surface area (Å²) in [5.74, 6) is -2.24. The van der Waals surface area contributed by atoms with Crippen LogP contribution in [0.2, 0.25) is 0 Å². The Bertz CT molecular complexity index is 567. The predicted molar refractivity (Wildman–Crippen MR) is 70.8 cm³/mol. The lowest BCUT2D eigenvalue weighted by molar-refractivity contribution is -0.164. The van der Waals surface area contributed by atoms with Gasteiger partial charge in [0.15, 0.2) is 11.5 Å². The van der Waals surface area contributed by atoms with E-state index in [1.807, 2.05) is 0 Å². The van der Waals surface area contributed by atoms with Crippen molar-refractivity contribution in [2.24, 2.45) is 0 Å². The maximum absolute atomic E-state index is 12.0. The Balaban J connectivity index is 2.26. The van der Waals surface area contributed by atoms with E-state index in [1.54, 1.807) is 30.3 Å². The van der Waals surface area contributed by atoms with Gasteiger partial charge in [0, 0.05) is 20.3 Å². The van der Waals surface area contributed by atoms with Crippen molar-refractivity contribution in [1.29, 1.82) is 0 Å². The summed E-state index contributed by atoms with van der Waals surface area (Å²) >= 11 is 0. The van der Waals surface area contributed by atoms with Gasteiger partial charge in [-0.25, -0.2) is 4.79 Å². The van der Waals surface area contributed by atoms with Gasteiger partial charge in [0.2, 0.25) is 5.79 Å². The summed E-state index contributed by atoms with van der Waals surface area (Å²) in [7, 11) is 2.79. The zero-order valence-corrected chi connectivity index (χ0v) is 11.2. The molecule has 20 heavy (non-hydrogen) atoms. The van der Waals surface area contributed by atoms with Crippen LogP contribution in [0.5, 0.6) is 0 Å². The molecule has 0 spiro atoms. The van der Waals surface area contributed by atoms with E-state index in [1.165, 1.54) is 32.4 Å². The first-order chi connectivity index (χ1) is 9.61. The number of ketones is 1. The second kappa shape index (κ2) is 5.81. The molecule has 2 rings (SSSR count). The van der Waals surface area contributed by atoms with Crippen molar-refractivity contribution in [2.45, 2.75) is 5.79 Å². The molecule has 0 saturated carbocycles. The Kier molecular flexibility index (Phi) is 4.12. The Labute approximate surface area is 116 Å². The molecule has 0 amide bonds. The molecule has 0 fully saturated rings. The van der Waals surface area contributed by atoms with Gasteiger partial charge in [0.25, 0.3) is 0 Å². The Hall–Kier alpha value is -2.24. The molecule has 0 bridgehead atoms. The minimum absolute atomic E-state index is 0.00357. The molecule has 0 aliphatic heterocycles. The fraction of sp³-hybridized carbons (Fsp3) is 0.200. The molecule has 1 aromatic rings. The monoisotopic (exact) mass is 274 g/mol. The highest BCUT2D eigenvalue weighted by Gasteiger charge is 2.38. The molecule has 0 saturated heterocycles. The number of carbonyl (C=O) groups excluding carboxylic acids is 2. The number of ether oxygens (including phenoxy) is 3. The third-order valence-electron chi connectivity index (χ3n) is 2.90. The molecule has 0 aromatic heterocycles. The third kappa shape index (κ3) is 2.68. The zero-order valence-electron chi connectivity index (χ0n) is 11.2. The Morgan fingerprint density at radius 2 is 1.75 bits per heavy atom. The largest absolute Gasteiger partial charge is 0.421 e. The fourth-order valence-electron chi connectivity index (χ4n) is 1.81. The van der Waals surface area contributed by atoms with Gasteiger partial charge in [-0.15, -0.1) is 0 Å². The SMILES string of the molecule is COC1(OC)C=CC(=O)C=C1OC(=O)c1ccccc1. The second-order valence-corrected chi connectivity index (χ2v) is 4.08. The first-order valence-electron chi connectivity index (χ1n) is 5.94. The van der Waals surface area contributed by atoms with Crippen molar-refractivity contribution in [2.75, 3.05) is 14.2 Å². The van der Waals surface area contributed by atoms with Crippen LogP contribution in [0.15, 0.2) is 54.3 Å². The van der Waals surface area contributed by atoms with Crippen LogP contribution in [0.25, 0.3) is 0 Å². The normalized spacial score (nSPS) is 16.7. The van der Waals surface area contributed by atoms with Crippen molar-refractivity contribution in [3.05, 3.63) is 59.9 Å². The predicted octanol–water partition coefficient (Wildman–Crippen LogP) is 1.86. The smallest absolute Gasteiger partial charge is 0.343 e. The molecule has 0 atom stereocenters. The van der Waals surface area contributed by atoms with Crippen LogP contribution in [0, 0.1) is 0 Å². The number of rotatable bonds is 4. The molecule has 0 unspecified atom stereocenters. The van der Waals surface area contributed by atoms with Crippen molar-refractivity contribution in [3.63, 3.8) is 0 Å². The standard InChI is InChI=1S/C15H14O5/c1-18-15(19-2)9-8-12(16)10-13(15)20-14(17)11-6-4-3-5-7-11/h3-10H,1-2H3. The highest BCUT2D eigenvalue weighted by atomic mass is 16.7. The van der Waals surface area contributed by atoms with E-state index >= 15 is 0 Å². The highest BCUT2D eigenvalue weighted by molar-refractivity contribution is 6.01. The molecular weight excluding hydrogens is 260 g/mol. The Morgan fingerprint density at radius 1 is 1.10 bits per heavy atom. The van der Waals surface area contributed by atoms with E-state index < -0.39 is 11.8 Å². The molecule has 1 aliphatic carbocycles. The van der Waals surface area contributed by atoms with Crippen molar-refractivity contribution in [1.82, 2.24) is 0 Å². The summed E-state index contributed by atoms with van der Waals surface area (Å²) < 4.78 is 15.7. The average Bonchev–Trinajstić information content (AvgIpc) is 2.49. The van der Waals surface area contributed by atoms with E-state index in [2.05, 4.69) is 0 Å². The fourth-order valence-corrected chi connectivity index (χ4v) is 1.81. The molecule has 5 heteroatoms. The van der Waals surface area contributed by atoms with Crippen LogP contribution in [0.1, 0.15) is 10.4 Å². The van der Waals surface area contributed by atoms with Crippen LogP contribution in [0.3, 0.4) is 0 Å². The van der Waals surface area contributed by atoms with Crippen LogP contribution in [-0.2, 0) is 19.0 Å². The number of esters is 1. The number of benzene rings is 1. The van der Waals surface area contributed by atoms with Crippen LogP contribution in [0.4, 0.5) is 0 Å². The van der Waals surface area contributed by atoms with E-state index in [0.29, 0.717) is 5.56 Å². The lowest BCUT2D eigenvalue weighted by Gasteiger charge is -2.30. The number of carbonyl (C=O) groups is 2. The summed E-state index contributed by atoms with van der Waals surface area (Å²) in [6.45, 7) is 0. The van der Waals surface area contributed by atoms with Gasteiger partial charge >= 0.3 is 5.97 Å². The van der Waals surface area contributed by atoms with Crippen LogP contribution < -0.4 is 0 Å². The van der Waals surface area contributed by atoms with Crippen molar-refractivity contribution in [3.8, 4) is 0 Å². The van der Waals surface area contributed by atoms with Gasteiger partial charge in [-0.1, -0.05) is 18.2 Å². The van der Waals surface area contributed by atoms with Crippen molar-refractivity contribution < 1.29 is 23.8 Å². The number of hydrogen-bond donors (Lipinski definition) is 0. The van der Waals surface area contributed by atoms with Crippen LogP contribution >= 0.6 is 0 Å². The molecule has 1 aromatic carbocycles. The van der Waals surface area contributed by atoms with Gasteiger partial charge in [-0.2, -0.15) is 0 Å². The summed E-state index contributed by atoms with van der Waals surface area (Å²) in [5.41, 5.74) is 0.372. The minimum atomic E-state index is -1.36. The van der Waals surface area contributed by atoms with E-state index in [-0.39, 0.29) is 11.5 Å². The van der Waals surface area contributed by atoms with Crippen LogP contribution in [-0.4, -0.2) is 31.8 Å². The summed E-state index contributed by atoms with van der Waals surface area (Å²) in [6.07, 6.45) is 3.88. The maximum Gasteiger partial charge on any atom is 0.343 e. The first kappa shape index (κ1) is 14.2. The van der Waals surface area contributed by atoms with Gasteiger partial charge < -0.3 is 14.2 Å². The average molecular weight is 274 g/mol. The lowest BCUT2D eigenvalue weighted by atomic mass is 10.1. The number of methoxy groups -OCH3 is 2. The number of hydrogen-bond acceptors (Lipinski definition) is 5. The topological polar surface area (TPSA) is 61.8 Å². The molecular formula is C15H14O5. The third-order valence-corrected chi connectivity index (χ3v) is 2.90. The summed E-state index contributed by atoms with van der Waals surface area (Å²) in [6, 6.07) is 8.46. The van der Waals surface area contributed by atoms with Crippen molar-refractivity contribution >= 4 is 11.8 Å². The first-order valence-corrected chi connectivity index (χ1v) is 5.94. The highest BCUT2D eigenvalue weighted by Crippen LogP contribution is 2.28. The number of allylic oxidation sites excluding steroid dienone is 2. The quantitative estimate of drug-likeness (QED) is 0.619. The minimum Gasteiger partial charge on any atom is -0.421 e. The van der Waals surface area contributed by atoms with E-state index in [0.717, 1.165) is 0 Å². The summed E-state index contributed by atoms with van der Waals surface area (Å²) in [5, 5.41) is 0. The van der Waals surface area contributed by atoms with Gasteiger partial charge in [0.1, 0.15) is 0 Å². The molecule has 0 radical (unpaired) electrons. The molecule has 5 nitrogen and oxygen atoms in total. The van der Waals surface area contributed by atoms with Gasteiger partial charge in [-0.05, 0) is 24.3 Å². The molecule has 104 valence electrons. The van der Waals surface area contributed by atoms with E-state index in [4.69, 9.17) is 14.2 Å². The van der Waals surface area contributed by atoms with Gasteiger partial charge in [-0.3, -0.25) is 4.79 Å². The molecule has 1 aliphatic rings. The van der Waals surface area contributed by atoms with Gasteiger partial charge in [0.05, 0.1) is 5.56 Å². The lowest BCUT2D eigenvalue weighted by Crippen LogP contribution is -2.38. The summed E-state index contributed by atoms with van der Waals surface area (Å²) in [4.78, 5) is 23.5. The second-order valence-electron chi connectivity index (χ2n) is 4.08. The maximum atomic E-state index is 12.0. The zero-order chi connectivity index (χ0) is 14.6. The molecule has 0 heterocycles. The van der Waals surface area contributed by atoms with E-state index in [9.17, 15) is 9.59 Å². The Morgan fingerprint density at radius 3 is 2.35 bits per heavy atom. The molecule has 0 N–H and O–H groups in total.